The maximum absolute atomic E-state index is 12.3. The molecule has 0 aliphatic rings. The predicted octanol–water partition coefficient (Wildman–Crippen LogP) is 2.32. The molecule has 0 bridgehead atoms. The Morgan fingerprint density at radius 3 is 2.50 bits per heavy atom. The SMILES string of the molecule is COc1cc(C(=O)N[C@@H](C)[C@@H](CO)SC)ccc1OC(C)C. The molecule has 0 heterocycles. The van der Waals surface area contributed by atoms with Gasteiger partial charge in [0.2, 0.25) is 0 Å². The van der Waals surface area contributed by atoms with E-state index in [0.29, 0.717) is 17.1 Å². The third-order valence-electron chi connectivity index (χ3n) is 3.19. The van der Waals surface area contributed by atoms with E-state index in [-0.39, 0.29) is 29.9 Å². The summed E-state index contributed by atoms with van der Waals surface area (Å²) in [5, 5.41) is 12.1. The number of methoxy groups -OCH3 is 1. The first-order valence-corrected chi connectivity index (χ1v) is 8.50. The van der Waals surface area contributed by atoms with Crippen LogP contribution < -0.4 is 14.8 Å². The number of hydrogen-bond acceptors (Lipinski definition) is 5. The highest BCUT2D eigenvalue weighted by atomic mass is 32.2. The van der Waals surface area contributed by atoms with Gasteiger partial charge in [0, 0.05) is 16.9 Å². The first-order valence-electron chi connectivity index (χ1n) is 7.22. The van der Waals surface area contributed by atoms with Gasteiger partial charge < -0.3 is 19.9 Å². The van der Waals surface area contributed by atoms with Crippen LogP contribution in [0, 0.1) is 0 Å². The van der Waals surface area contributed by atoms with Crippen LogP contribution in [0.25, 0.3) is 0 Å². The number of nitrogens with one attached hydrogen (secondary N) is 1. The smallest absolute Gasteiger partial charge is 0.251 e. The molecule has 22 heavy (non-hydrogen) atoms. The molecule has 1 amide bonds. The second-order valence-electron chi connectivity index (χ2n) is 5.25. The largest absolute Gasteiger partial charge is 0.493 e. The van der Waals surface area contributed by atoms with Gasteiger partial charge in [-0.15, -0.1) is 0 Å². The van der Waals surface area contributed by atoms with Crippen molar-refractivity contribution in [1.29, 1.82) is 0 Å². The Balaban J connectivity index is 2.86. The minimum atomic E-state index is -0.200. The van der Waals surface area contributed by atoms with Gasteiger partial charge in [0.1, 0.15) is 0 Å². The lowest BCUT2D eigenvalue weighted by Crippen LogP contribution is -2.41. The van der Waals surface area contributed by atoms with E-state index in [2.05, 4.69) is 5.32 Å². The highest BCUT2D eigenvalue weighted by Gasteiger charge is 2.19. The zero-order chi connectivity index (χ0) is 16.7. The summed E-state index contributed by atoms with van der Waals surface area (Å²) in [6.45, 7) is 5.76. The van der Waals surface area contributed by atoms with Crippen LogP contribution in [0.3, 0.4) is 0 Å². The van der Waals surface area contributed by atoms with Crippen LogP contribution in [0.2, 0.25) is 0 Å². The molecule has 2 atom stereocenters. The monoisotopic (exact) mass is 327 g/mol. The van der Waals surface area contributed by atoms with Crippen LogP contribution in [0.5, 0.6) is 11.5 Å². The van der Waals surface area contributed by atoms with Crippen molar-refractivity contribution >= 4 is 17.7 Å². The topological polar surface area (TPSA) is 67.8 Å². The van der Waals surface area contributed by atoms with Crippen molar-refractivity contribution < 1.29 is 19.4 Å². The van der Waals surface area contributed by atoms with Gasteiger partial charge in [0.15, 0.2) is 11.5 Å². The minimum Gasteiger partial charge on any atom is -0.493 e. The molecule has 0 aromatic heterocycles. The molecule has 124 valence electrons. The summed E-state index contributed by atoms with van der Waals surface area (Å²) in [5.74, 6) is 0.937. The Morgan fingerprint density at radius 1 is 1.32 bits per heavy atom. The maximum atomic E-state index is 12.3. The zero-order valence-corrected chi connectivity index (χ0v) is 14.6. The summed E-state index contributed by atoms with van der Waals surface area (Å²) < 4.78 is 10.9. The van der Waals surface area contributed by atoms with E-state index in [1.54, 1.807) is 25.3 Å². The van der Waals surface area contributed by atoms with Crippen LogP contribution in [-0.4, -0.2) is 48.4 Å². The molecule has 0 fully saturated rings. The summed E-state index contributed by atoms with van der Waals surface area (Å²) in [4.78, 5) is 12.3. The second kappa shape index (κ2) is 8.90. The summed E-state index contributed by atoms with van der Waals surface area (Å²) >= 11 is 1.52. The van der Waals surface area contributed by atoms with Crippen LogP contribution in [0.4, 0.5) is 0 Å². The van der Waals surface area contributed by atoms with Crippen molar-refractivity contribution in [3.8, 4) is 11.5 Å². The number of rotatable bonds is 8. The van der Waals surface area contributed by atoms with Gasteiger partial charge in [-0.25, -0.2) is 0 Å². The Bertz CT molecular complexity index is 489. The normalized spacial score (nSPS) is 13.6. The molecule has 1 aromatic carbocycles. The predicted molar refractivity (Wildman–Crippen MR) is 90.1 cm³/mol. The molecule has 2 N–H and O–H groups in total. The molecule has 0 saturated carbocycles. The Kier molecular flexibility index (Phi) is 7.55. The van der Waals surface area contributed by atoms with Gasteiger partial charge in [-0.1, -0.05) is 0 Å². The third kappa shape index (κ3) is 5.10. The van der Waals surface area contributed by atoms with Crippen molar-refractivity contribution in [2.45, 2.75) is 38.2 Å². The average molecular weight is 327 g/mol. The number of carbonyl (C=O) groups excluding carboxylic acids is 1. The molecule has 0 spiro atoms. The fraction of sp³-hybridized carbons (Fsp3) is 0.562. The molecular formula is C16H25NO4S. The third-order valence-corrected chi connectivity index (χ3v) is 4.35. The van der Waals surface area contributed by atoms with Gasteiger partial charge >= 0.3 is 0 Å². The fourth-order valence-electron chi connectivity index (χ4n) is 1.98. The number of thioether (sulfide) groups is 1. The molecular weight excluding hydrogens is 302 g/mol. The van der Waals surface area contributed by atoms with Crippen LogP contribution in [0.1, 0.15) is 31.1 Å². The number of ether oxygens (including phenoxy) is 2. The first kappa shape index (κ1) is 18.6. The van der Waals surface area contributed by atoms with E-state index >= 15 is 0 Å². The molecule has 0 radical (unpaired) electrons. The van der Waals surface area contributed by atoms with E-state index in [1.807, 2.05) is 27.0 Å². The lowest BCUT2D eigenvalue weighted by atomic mass is 10.1. The number of aliphatic hydroxyl groups is 1. The lowest BCUT2D eigenvalue weighted by Gasteiger charge is -2.21. The quantitative estimate of drug-likeness (QED) is 0.767. The Labute approximate surface area is 136 Å². The van der Waals surface area contributed by atoms with Gasteiger partial charge in [0.25, 0.3) is 5.91 Å². The highest BCUT2D eigenvalue weighted by Crippen LogP contribution is 2.29. The number of hydrogen-bond donors (Lipinski definition) is 2. The van der Waals surface area contributed by atoms with E-state index in [1.165, 1.54) is 11.8 Å². The number of carbonyl (C=O) groups is 1. The van der Waals surface area contributed by atoms with Crippen LogP contribution in [0.15, 0.2) is 18.2 Å². The molecule has 1 rings (SSSR count). The maximum Gasteiger partial charge on any atom is 0.251 e. The fourth-order valence-corrected chi connectivity index (χ4v) is 2.61. The molecule has 0 unspecified atom stereocenters. The standard InChI is InChI=1S/C16H25NO4S/c1-10(2)21-13-7-6-12(8-14(13)20-4)16(19)17-11(3)15(9-18)22-5/h6-8,10-11,15,18H,9H2,1-5H3,(H,17,19)/t11-,15+/m0/s1. The number of amides is 1. The summed E-state index contributed by atoms with van der Waals surface area (Å²) in [6.07, 6.45) is 1.94. The Hall–Kier alpha value is -1.40. The highest BCUT2D eigenvalue weighted by molar-refractivity contribution is 7.99. The van der Waals surface area contributed by atoms with Gasteiger partial charge in [0.05, 0.1) is 19.8 Å². The van der Waals surface area contributed by atoms with Crippen LogP contribution in [-0.2, 0) is 0 Å². The van der Waals surface area contributed by atoms with E-state index < -0.39 is 0 Å². The molecule has 5 nitrogen and oxygen atoms in total. The summed E-state index contributed by atoms with van der Waals surface area (Å²) in [5.41, 5.74) is 0.498. The zero-order valence-electron chi connectivity index (χ0n) is 13.8. The van der Waals surface area contributed by atoms with E-state index in [4.69, 9.17) is 9.47 Å². The summed E-state index contributed by atoms with van der Waals surface area (Å²) in [6, 6.07) is 4.96. The molecule has 0 aliphatic carbocycles. The number of benzene rings is 1. The van der Waals surface area contributed by atoms with Crippen LogP contribution >= 0.6 is 11.8 Å². The Morgan fingerprint density at radius 2 is 2.00 bits per heavy atom. The lowest BCUT2D eigenvalue weighted by molar-refractivity contribution is 0.0935. The van der Waals surface area contributed by atoms with Gasteiger partial charge in [-0.3, -0.25) is 4.79 Å². The van der Waals surface area contributed by atoms with E-state index in [0.717, 1.165) is 0 Å². The molecule has 1 aromatic rings. The molecule has 6 heteroatoms. The summed E-state index contributed by atoms with van der Waals surface area (Å²) in [7, 11) is 1.54. The van der Waals surface area contributed by atoms with E-state index in [9.17, 15) is 9.90 Å². The van der Waals surface area contributed by atoms with Crippen molar-refractivity contribution in [2.75, 3.05) is 20.0 Å². The number of aliphatic hydroxyl groups excluding tert-OH is 1. The van der Waals surface area contributed by atoms with Gasteiger partial charge in [-0.05, 0) is 45.2 Å². The second-order valence-corrected chi connectivity index (χ2v) is 6.33. The average Bonchev–Trinajstić information content (AvgIpc) is 2.48. The minimum absolute atomic E-state index is 0.0209. The van der Waals surface area contributed by atoms with Crippen molar-refractivity contribution in [2.24, 2.45) is 0 Å². The first-order chi connectivity index (χ1) is 10.4. The van der Waals surface area contributed by atoms with Crippen molar-refractivity contribution in [1.82, 2.24) is 5.32 Å². The molecule has 0 saturated heterocycles. The molecule has 0 aliphatic heterocycles. The van der Waals surface area contributed by atoms with Crippen molar-refractivity contribution in [3.63, 3.8) is 0 Å². The van der Waals surface area contributed by atoms with Crippen molar-refractivity contribution in [3.05, 3.63) is 23.8 Å². The van der Waals surface area contributed by atoms with Gasteiger partial charge in [-0.2, -0.15) is 11.8 Å².